The van der Waals surface area contributed by atoms with E-state index in [4.69, 9.17) is 10.2 Å². The molecule has 1 aromatic rings. The highest BCUT2D eigenvalue weighted by Gasteiger charge is 2.04. The van der Waals surface area contributed by atoms with Gasteiger partial charge in [-0.25, -0.2) is 4.39 Å². The average molecular weight is 224 g/mol. The molecule has 0 radical (unpaired) electrons. The number of carbonyl (C=O) groups is 1. The highest BCUT2D eigenvalue weighted by atomic mass is 19.1. The maximum Gasteiger partial charge on any atom is 0.307 e. The zero-order valence-corrected chi connectivity index (χ0v) is 8.69. The molecule has 0 amide bonds. The van der Waals surface area contributed by atoms with Crippen molar-refractivity contribution in [1.82, 2.24) is 0 Å². The Morgan fingerprint density at radius 1 is 1.44 bits per heavy atom. The molecule has 0 saturated heterocycles. The van der Waals surface area contributed by atoms with Gasteiger partial charge < -0.3 is 10.2 Å². The van der Waals surface area contributed by atoms with E-state index < -0.39 is 11.8 Å². The van der Waals surface area contributed by atoms with Gasteiger partial charge in [-0.2, -0.15) is 0 Å². The molecule has 0 fully saturated rings. The lowest BCUT2D eigenvalue weighted by Crippen LogP contribution is -2.00. The van der Waals surface area contributed by atoms with E-state index in [-0.39, 0.29) is 13.0 Å². The number of benzene rings is 1. The van der Waals surface area contributed by atoms with Crippen LogP contribution in [0.3, 0.4) is 0 Å². The topological polar surface area (TPSA) is 57.5 Å². The molecule has 0 bridgehead atoms. The second-order valence-electron chi connectivity index (χ2n) is 3.34. The SMILES string of the molecule is O=C(O)Cc1ccc(F)c(C=CCCO)c1. The third kappa shape index (κ3) is 3.82. The van der Waals surface area contributed by atoms with Gasteiger partial charge in [-0.05, 0) is 24.1 Å². The van der Waals surface area contributed by atoms with Gasteiger partial charge in [-0.3, -0.25) is 4.79 Å². The maximum atomic E-state index is 13.3. The number of hydrogen-bond acceptors (Lipinski definition) is 2. The lowest BCUT2D eigenvalue weighted by Gasteiger charge is -2.01. The van der Waals surface area contributed by atoms with Crippen LogP contribution >= 0.6 is 0 Å². The van der Waals surface area contributed by atoms with E-state index in [2.05, 4.69) is 0 Å². The first-order valence-corrected chi connectivity index (χ1v) is 4.91. The van der Waals surface area contributed by atoms with E-state index in [1.807, 2.05) is 0 Å². The molecule has 0 heterocycles. The van der Waals surface area contributed by atoms with Gasteiger partial charge in [0.05, 0.1) is 6.42 Å². The molecule has 0 unspecified atom stereocenters. The molecule has 0 aliphatic heterocycles. The first-order valence-electron chi connectivity index (χ1n) is 4.91. The summed E-state index contributed by atoms with van der Waals surface area (Å²) in [7, 11) is 0. The average Bonchev–Trinajstić information content (AvgIpc) is 2.22. The summed E-state index contributed by atoms with van der Waals surface area (Å²) in [5.74, 6) is -1.35. The summed E-state index contributed by atoms with van der Waals surface area (Å²) in [5.41, 5.74) is 0.893. The number of aliphatic hydroxyl groups excluding tert-OH is 1. The molecule has 0 aliphatic carbocycles. The van der Waals surface area contributed by atoms with Crippen molar-refractivity contribution in [2.45, 2.75) is 12.8 Å². The number of rotatable bonds is 5. The zero-order chi connectivity index (χ0) is 12.0. The molecular weight excluding hydrogens is 211 g/mol. The number of hydrogen-bond donors (Lipinski definition) is 2. The molecule has 86 valence electrons. The molecule has 0 aromatic heterocycles. The fourth-order valence-electron chi connectivity index (χ4n) is 1.29. The minimum atomic E-state index is -0.947. The maximum absolute atomic E-state index is 13.3. The van der Waals surface area contributed by atoms with Gasteiger partial charge in [0.1, 0.15) is 5.82 Å². The molecule has 3 nitrogen and oxygen atoms in total. The van der Waals surface area contributed by atoms with E-state index in [0.29, 0.717) is 17.5 Å². The minimum Gasteiger partial charge on any atom is -0.481 e. The van der Waals surface area contributed by atoms with Crippen LogP contribution in [0.25, 0.3) is 6.08 Å². The van der Waals surface area contributed by atoms with Gasteiger partial charge in [0, 0.05) is 12.2 Å². The second kappa shape index (κ2) is 6.02. The van der Waals surface area contributed by atoms with Crippen molar-refractivity contribution in [2.75, 3.05) is 6.61 Å². The molecule has 1 aromatic carbocycles. The van der Waals surface area contributed by atoms with Crippen LogP contribution in [0.5, 0.6) is 0 Å². The van der Waals surface area contributed by atoms with E-state index in [9.17, 15) is 9.18 Å². The molecular formula is C12H13FO3. The quantitative estimate of drug-likeness (QED) is 0.802. The van der Waals surface area contributed by atoms with Crippen LogP contribution in [0.2, 0.25) is 0 Å². The van der Waals surface area contributed by atoms with E-state index in [1.54, 1.807) is 6.08 Å². The van der Waals surface area contributed by atoms with Crippen molar-refractivity contribution in [2.24, 2.45) is 0 Å². The molecule has 1 rings (SSSR count). The Hall–Kier alpha value is -1.68. The third-order valence-electron chi connectivity index (χ3n) is 2.01. The van der Waals surface area contributed by atoms with E-state index >= 15 is 0 Å². The number of halogens is 1. The lowest BCUT2D eigenvalue weighted by molar-refractivity contribution is -0.136. The van der Waals surface area contributed by atoms with Crippen molar-refractivity contribution in [3.8, 4) is 0 Å². The molecule has 2 N–H and O–H groups in total. The normalized spacial score (nSPS) is 10.9. The zero-order valence-electron chi connectivity index (χ0n) is 8.69. The minimum absolute atomic E-state index is 0.00688. The van der Waals surface area contributed by atoms with Crippen molar-refractivity contribution in [3.05, 3.63) is 41.2 Å². The van der Waals surface area contributed by atoms with Crippen LogP contribution in [0.15, 0.2) is 24.3 Å². The van der Waals surface area contributed by atoms with Crippen LogP contribution in [-0.2, 0) is 11.2 Å². The monoisotopic (exact) mass is 224 g/mol. The van der Waals surface area contributed by atoms with Crippen molar-refractivity contribution >= 4 is 12.0 Å². The summed E-state index contributed by atoms with van der Waals surface area (Å²) in [6, 6.07) is 4.20. The summed E-state index contributed by atoms with van der Waals surface area (Å²) < 4.78 is 13.3. The van der Waals surface area contributed by atoms with Crippen LogP contribution in [0, 0.1) is 5.82 Å². The van der Waals surface area contributed by atoms with Gasteiger partial charge in [-0.1, -0.05) is 18.2 Å². The number of carboxylic acids is 1. The van der Waals surface area contributed by atoms with E-state index in [1.165, 1.54) is 24.3 Å². The summed E-state index contributed by atoms with van der Waals surface area (Å²) in [4.78, 5) is 10.5. The largest absolute Gasteiger partial charge is 0.481 e. The summed E-state index contributed by atoms with van der Waals surface area (Å²) in [6.45, 7) is 0.00688. The van der Waals surface area contributed by atoms with Crippen LogP contribution in [0.4, 0.5) is 4.39 Å². The van der Waals surface area contributed by atoms with Crippen molar-refractivity contribution < 1.29 is 19.4 Å². The van der Waals surface area contributed by atoms with Crippen molar-refractivity contribution in [3.63, 3.8) is 0 Å². The third-order valence-corrected chi connectivity index (χ3v) is 2.01. The van der Waals surface area contributed by atoms with Gasteiger partial charge >= 0.3 is 5.97 Å². The second-order valence-corrected chi connectivity index (χ2v) is 3.34. The lowest BCUT2D eigenvalue weighted by atomic mass is 10.1. The molecule has 4 heteroatoms. The Bertz CT molecular complexity index is 399. The Labute approximate surface area is 92.8 Å². The highest BCUT2D eigenvalue weighted by molar-refractivity contribution is 5.70. The standard InChI is InChI=1S/C12H13FO3/c13-11-5-4-9(8-12(15)16)7-10(11)3-1-2-6-14/h1,3-5,7,14H,2,6,8H2,(H,15,16). The Morgan fingerprint density at radius 3 is 2.81 bits per heavy atom. The molecule has 0 spiro atoms. The molecule has 16 heavy (non-hydrogen) atoms. The van der Waals surface area contributed by atoms with Gasteiger partial charge in [0.15, 0.2) is 0 Å². The van der Waals surface area contributed by atoms with Gasteiger partial charge in [0.2, 0.25) is 0 Å². The predicted octanol–water partition coefficient (Wildman–Crippen LogP) is 1.85. The van der Waals surface area contributed by atoms with Crippen molar-refractivity contribution in [1.29, 1.82) is 0 Å². The Kier molecular flexibility index (Phi) is 4.66. The van der Waals surface area contributed by atoms with E-state index in [0.717, 1.165) is 0 Å². The molecule has 0 aliphatic rings. The Balaban J connectivity index is 2.85. The van der Waals surface area contributed by atoms with Gasteiger partial charge in [0.25, 0.3) is 0 Å². The number of carboxylic acid groups (broad SMARTS) is 1. The molecule has 0 atom stereocenters. The predicted molar refractivity (Wildman–Crippen MR) is 58.5 cm³/mol. The van der Waals surface area contributed by atoms with Gasteiger partial charge in [-0.15, -0.1) is 0 Å². The number of aliphatic carboxylic acids is 1. The fourth-order valence-corrected chi connectivity index (χ4v) is 1.29. The fraction of sp³-hybridized carbons (Fsp3) is 0.250. The van der Waals surface area contributed by atoms with Crippen LogP contribution < -0.4 is 0 Å². The summed E-state index contributed by atoms with van der Waals surface area (Å²) in [5, 5.41) is 17.2. The first-order chi connectivity index (χ1) is 7.63. The molecule has 0 saturated carbocycles. The first kappa shape index (κ1) is 12.4. The summed E-state index contributed by atoms with van der Waals surface area (Å²) in [6.07, 6.45) is 3.50. The van der Waals surface area contributed by atoms with Crippen LogP contribution in [-0.4, -0.2) is 22.8 Å². The Morgan fingerprint density at radius 2 is 2.19 bits per heavy atom. The number of aliphatic hydroxyl groups is 1. The smallest absolute Gasteiger partial charge is 0.307 e. The van der Waals surface area contributed by atoms with Crippen LogP contribution in [0.1, 0.15) is 17.5 Å². The highest BCUT2D eigenvalue weighted by Crippen LogP contribution is 2.13. The summed E-state index contributed by atoms with van der Waals surface area (Å²) >= 11 is 0.